The van der Waals surface area contributed by atoms with E-state index in [0.717, 1.165) is 11.5 Å². The highest BCUT2D eigenvalue weighted by molar-refractivity contribution is 7.99. The Balaban J connectivity index is 1.85. The maximum absolute atomic E-state index is 9.51. The van der Waals surface area contributed by atoms with Crippen LogP contribution < -0.4 is 0 Å². The Morgan fingerprint density at radius 2 is 2.43 bits per heavy atom. The van der Waals surface area contributed by atoms with E-state index in [1.165, 1.54) is 5.56 Å². The zero-order valence-corrected chi connectivity index (χ0v) is 8.92. The zero-order valence-electron chi connectivity index (χ0n) is 8.10. The molecule has 0 saturated carbocycles. The Hall–Kier alpha value is -0.450. The summed E-state index contributed by atoms with van der Waals surface area (Å²) in [6.45, 7) is 3.14. The lowest BCUT2D eigenvalue weighted by Gasteiger charge is -2.10. The van der Waals surface area contributed by atoms with E-state index in [9.17, 15) is 5.11 Å². The molecule has 2 heterocycles. The molecule has 2 atom stereocenters. The van der Waals surface area contributed by atoms with Gasteiger partial charge in [0.1, 0.15) is 5.76 Å². The number of aliphatic hydroxyl groups is 1. The van der Waals surface area contributed by atoms with Gasteiger partial charge in [-0.3, -0.25) is 0 Å². The second-order valence-electron chi connectivity index (χ2n) is 3.48. The molecule has 1 fully saturated rings. The van der Waals surface area contributed by atoms with Crippen molar-refractivity contribution in [2.75, 3.05) is 13.2 Å². The molecule has 1 N–H and O–H groups in total. The van der Waals surface area contributed by atoms with Crippen LogP contribution in [0, 0.1) is 6.92 Å². The van der Waals surface area contributed by atoms with Gasteiger partial charge in [0.25, 0.3) is 0 Å². The molecule has 0 aliphatic carbocycles. The van der Waals surface area contributed by atoms with E-state index >= 15 is 0 Å². The summed E-state index contributed by atoms with van der Waals surface area (Å²) in [5.41, 5.74) is 1.17. The number of furan rings is 1. The van der Waals surface area contributed by atoms with Crippen LogP contribution in [0.4, 0.5) is 0 Å². The predicted octanol–water partition coefficient (Wildman–Crippen LogP) is 1.58. The van der Waals surface area contributed by atoms with Crippen LogP contribution in [0.3, 0.4) is 0 Å². The van der Waals surface area contributed by atoms with E-state index in [4.69, 9.17) is 9.15 Å². The second-order valence-corrected chi connectivity index (χ2v) is 4.71. The number of aliphatic hydroxyl groups excluding tert-OH is 1. The first-order valence-corrected chi connectivity index (χ1v) is 5.72. The molecule has 78 valence electrons. The Kier molecular flexibility index (Phi) is 3.15. The Bertz CT molecular complexity index is 297. The molecule has 4 heteroatoms. The molecule has 0 aromatic carbocycles. The lowest BCUT2D eigenvalue weighted by molar-refractivity contribution is 0.127. The average Bonchev–Trinajstić information content (AvgIpc) is 2.72. The maximum atomic E-state index is 9.51. The van der Waals surface area contributed by atoms with Gasteiger partial charge in [0, 0.05) is 0 Å². The molecule has 1 aromatic heterocycles. The van der Waals surface area contributed by atoms with E-state index in [1.807, 2.05) is 13.0 Å². The lowest BCUT2D eigenvalue weighted by atomic mass is 10.3. The predicted molar refractivity (Wildman–Crippen MR) is 55.4 cm³/mol. The van der Waals surface area contributed by atoms with Gasteiger partial charge in [-0.1, -0.05) is 0 Å². The lowest BCUT2D eigenvalue weighted by Crippen LogP contribution is -2.20. The standard InChI is InChI=1S/C10H14O3S/c1-7-2-3-13-9(7)6-14-10-5-12-4-8(10)11/h2-3,8,10-11H,4-6H2,1H3/t8-,10-/m1/s1. The van der Waals surface area contributed by atoms with Crippen molar-refractivity contribution in [1.29, 1.82) is 0 Å². The fraction of sp³-hybridized carbons (Fsp3) is 0.600. The van der Waals surface area contributed by atoms with Crippen molar-refractivity contribution < 1.29 is 14.3 Å². The van der Waals surface area contributed by atoms with Crippen LogP contribution >= 0.6 is 11.8 Å². The number of hydrogen-bond donors (Lipinski definition) is 1. The molecule has 0 spiro atoms. The smallest absolute Gasteiger partial charge is 0.116 e. The van der Waals surface area contributed by atoms with Crippen molar-refractivity contribution in [3.63, 3.8) is 0 Å². The van der Waals surface area contributed by atoms with Crippen LogP contribution in [0.1, 0.15) is 11.3 Å². The molecule has 1 aliphatic rings. The van der Waals surface area contributed by atoms with Gasteiger partial charge in [0.15, 0.2) is 0 Å². The second kappa shape index (κ2) is 4.38. The van der Waals surface area contributed by atoms with Gasteiger partial charge in [0.2, 0.25) is 0 Å². The van der Waals surface area contributed by atoms with Crippen molar-refractivity contribution in [2.45, 2.75) is 24.0 Å². The number of aryl methyl sites for hydroxylation is 1. The molecule has 0 amide bonds. The molecular formula is C10H14O3S. The van der Waals surface area contributed by atoms with E-state index in [0.29, 0.717) is 13.2 Å². The van der Waals surface area contributed by atoms with Crippen LogP contribution in [0.25, 0.3) is 0 Å². The van der Waals surface area contributed by atoms with Crippen LogP contribution in [0.5, 0.6) is 0 Å². The van der Waals surface area contributed by atoms with Crippen LogP contribution in [-0.4, -0.2) is 29.7 Å². The highest BCUT2D eigenvalue weighted by atomic mass is 32.2. The molecule has 1 aliphatic heterocycles. The molecule has 14 heavy (non-hydrogen) atoms. The average molecular weight is 214 g/mol. The van der Waals surface area contributed by atoms with Crippen molar-refractivity contribution in [2.24, 2.45) is 0 Å². The van der Waals surface area contributed by atoms with E-state index < -0.39 is 0 Å². The fourth-order valence-electron chi connectivity index (χ4n) is 1.42. The van der Waals surface area contributed by atoms with Gasteiger partial charge in [-0.05, 0) is 18.6 Å². The van der Waals surface area contributed by atoms with Gasteiger partial charge < -0.3 is 14.3 Å². The number of hydrogen-bond acceptors (Lipinski definition) is 4. The Labute approximate surface area is 87.4 Å². The molecule has 0 bridgehead atoms. The van der Waals surface area contributed by atoms with E-state index in [1.54, 1.807) is 18.0 Å². The Morgan fingerprint density at radius 3 is 3.00 bits per heavy atom. The quantitative estimate of drug-likeness (QED) is 0.829. The maximum Gasteiger partial charge on any atom is 0.116 e. The van der Waals surface area contributed by atoms with Crippen molar-refractivity contribution in [3.05, 3.63) is 23.7 Å². The minimum absolute atomic E-state index is 0.194. The zero-order chi connectivity index (χ0) is 9.97. The van der Waals surface area contributed by atoms with Gasteiger partial charge >= 0.3 is 0 Å². The summed E-state index contributed by atoms with van der Waals surface area (Å²) in [4.78, 5) is 0. The molecule has 1 saturated heterocycles. The highest BCUT2D eigenvalue weighted by Gasteiger charge is 2.26. The normalized spacial score (nSPS) is 27.0. The summed E-state index contributed by atoms with van der Waals surface area (Å²) in [5.74, 6) is 1.80. The van der Waals surface area contributed by atoms with Crippen molar-refractivity contribution in [3.8, 4) is 0 Å². The van der Waals surface area contributed by atoms with Gasteiger partial charge in [-0.2, -0.15) is 0 Å². The molecule has 3 nitrogen and oxygen atoms in total. The third-order valence-corrected chi connectivity index (χ3v) is 3.70. The first kappa shape index (κ1) is 10.1. The Morgan fingerprint density at radius 1 is 1.57 bits per heavy atom. The van der Waals surface area contributed by atoms with E-state index in [-0.39, 0.29) is 11.4 Å². The van der Waals surface area contributed by atoms with Crippen LogP contribution in [0.2, 0.25) is 0 Å². The fourth-order valence-corrected chi connectivity index (χ4v) is 2.57. The van der Waals surface area contributed by atoms with Crippen LogP contribution in [0.15, 0.2) is 16.7 Å². The van der Waals surface area contributed by atoms with Crippen molar-refractivity contribution >= 4 is 11.8 Å². The molecule has 0 radical (unpaired) electrons. The molecule has 1 aromatic rings. The third-order valence-electron chi connectivity index (χ3n) is 2.40. The molecule has 0 unspecified atom stereocenters. The topological polar surface area (TPSA) is 42.6 Å². The number of thioether (sulfide) groups is 1. The summed E-state index contributed by atoms with van der Waals surface area (Å²) in [6.07, 6.45) is 1.38. The molecule has 2 rings (SSSR count). The van der Waals surface area contributed by atoms with Crippen LogP contribution in [-0.2, 0) is 10.5 Å². The number of rotatable bonds is 3. The SMILES string of the molecule is Cc1ccoc1CS[C@@H]1COC[C@H]1O. The summed E-state index contributed by atoms with van der Waals surface area (Å²) in [6, 6.07) is 1.96. The largest absolute Gasteiger partial charge is 0.468 e. The summed E-state index contributed by atoms with van der Waals surface area (Å²) >= 11 is 1.70. The van der Waals surface area contributed by atoms with Crippen molar-refractivity contribution in [1.82, 2.24) is 0 Å². The van der Waals surface area contributed by atoms with Gasteiger partial charge in [-0.15, -0.1) is 11.8 Å². The first-order valence-electron chi connectivity index (χ1n) is 4.68. The molecular weight excluding hydrogens is 200 g/mol. The minimum Gasteiger partial charge on any atom is -0.468 e. The first-order chi connectivity index (χ1) is 6.77. The van der Waals surface area contributed by atoms with E-state index in [2.05, 4.69) is 0 Å². The van der Waals surface area contributed by atoms with Gasteiger partial charge in [-0.25, -0.2) is 0 Å². The summed E-state index contributed by atoms with van der Waals surface area (Å²) in [7, 11) is 0. The third kappa shape index (κ3) is 2.13. The monoisotopic (exact) mass is 214 g/mol. The van der Waals surface area contributed by atoms with Gasteiger partial charge in [0.05, 0.1) is 36.6 Å². The number of ether oxygens (including phenoxy) is 1. The summed E-state index contributed by atoms with van der Waals surface area (Å²) < 4.78 is 10.5. The highest BCUT2D eigenvalue weighted by Crippen LogP contribution is 2.26. The minimum atomic E-state index is -0.324. The summed E-state index contributed by atoms with van der Waals surface area (Å²) in [5, 5.41) is 9.70.